The monoisotopic (exact) mass is 477 g/mol. The maximum Gasteiger partial charge on any atom is 0.244 e. The van der Waals surface area contributed by atoms with Crippen molar-refractivity contribution in [3.63, 3.8) is 0 Å². The molecule has 0 bridgehead atoms. The van der Waals surface area contributed by atoms with Gasteiger partial charge in [0.15, 0.2) is 0 Å². The lowest BCUT2D eigenvalue weighted by atomic mass is 10.1. The number of rotatable bonds is 8. The topological polar surface area (TPSA) is 86.8 Å². The molecular formula is C24H32FN3O4S. The van der Waals surface area contributed by atoms with Crippen LogP contribution in [0.1, 0.15) is 38.8 Å². The fraction of sp³-hybridized carbons (Fsp3) is 0.417. The molecule has 0 saturated carbocycles. The minimum Gasteiger partial charge on any atom is -0.350 e. The highest BCUT2D eigenvalue weighted by molar-refractivity contribution is 7.92. The Hall–Kier alpha value is -2.94. The number of hydrogen-bond acceptors (Lipinski definition) is 4. The third-order valence-electron chi connectivity index (χ3n) is 4.90. The van der Waals surface area contributed by atoms with Crippen LogP contribution in [0.3, 0.4) is 0 Å². The third kappa shape index (κ3) is 7.85. The zero-order valence-corrected chi connectivity index (χ0v) is 20.7. The van der Waals surface area contributed by atoms with Crippen LogP contribution < -0.4 is 9.62 Å². The van der Waals surface area contributed by atoms with E-state index >= 15 is 0 Å². The summed E-state index contributed by atoms with van der Waals surface area (Å²) in [5.74, 6) is -1.35. The second-order valence-corrected chi connectivity index (χ2v) is 11.1. The van der Waals surface area contributed by atoms with E-state index in [0.29, 0.717) is 11.3 Å². The molecule has 180 valence electrons. The van der Waals surface area contributed by atoms with Gasteiger partial charge < -0.3 is 10.2 Å². The zero-order chi connectivity index (χ0) is 25.0. The summed E-state index contributed by atoms with van der Waals surface area (Å²) < 4.78 is 39.4. The van der Waals surface area contributed by atoms with Crippen LogP contribution in [-0.2, 0) is 26.2 Å². The molecule has 0 aliphatic heterocycles. The van der Waals surface area contributed by atoms with Gasteiger partial charge in [-0.1, -0.05) is 24.3 Å². The largest absolute Gasteiger partial charge is 0.350 e. The number of carbonyl (C=O) groups is 2. The molecule has 1 atom stereocenters. The van der Waals surface area contributed by atoms with Crippen LogP contribution in [0, 0.1) is 12.7 Å². The molecule has 0 saturated heterocycles. The standard InChI is InChI=1S/C24H32FN3O4S/c1-17-8-7-9-21(14-17)28(33(6,31)32)16-22(29)27(15-19-10-12-20(25)13-11-19)18(2)23(30)26-24(3,4)5/h7-14,18H,15-16H2,1-6H3,(H,26,30)/t18-/m1/s1. The molecule has 0 unspecified atom stereocenters. The first-order valence-corrected chi connectivity index (χ1v) is 12.4. The number of aryl methyl sites for hydroxylation is 1. The molecule has 9 heteroatoms. The molecule has 0 heterocycles. The van der Waals surface area contributed by atoms with Crippen molar-refractivity contribution in [3.8, 4) is 0 Å². The molecule has 7 nitrogen and oxygen atoms in total. The first kappa shape index (κ1) is 26.3. The van der Waals surface area contributed by atoms with Crippen LogP contribution in [0.4, 0.5) is 10.1 Å². The molecule has 2 aromatic carbocycles. The van der Waals surface area contributed by atoms with E-state index < -0.39 is 39.9 Å². The molecule has 1 N–H and O–H groups in total. The van der Waals surface area contributed by atoms with Crippen LogP contribution in [-0.4, -0.2) is 49.5 Å². The number of hydrogen-bond donors (Lipinski definition) is 1. The number of halogens is 1. The van der Waals surface area contributed by atoms with Gasteiger partial charge in [0.1, 0.15) is 18.4 Å². The molecule has 0 radical (unpaired) electrons. The lowest BCUT2D eigenvalue weighted by Gasteiger charge is -2.33. The number of benzene rings is 2. The van der Waals surface area contributed by atoms with Gasteiger partial charge >= 0.3 is 0 Å². The number of carbonyl (C=O) groups excluding carboxylic acids is 2. The van der Waals surface area contributed by atoms with Gasteiger partial charge in [0.25, 0.3) is 0 Å². The fourth-order valence-corrected chi connectivity index (χ4v) is 4.08. The molecule has 0 aromatic heterocycles. The Morgan fingerprint density at radius 1 is 1.09 bits per heavy atom. The summed E-state index contributed by atoms with van der Waals surface area (Å²) in [6, 6.07) is 11.5. The van der Waals surface area contributed by atoms with Gasteiger partial charge in [0.2, 0.25) is 21.8 Å². The molecule has 2 rings (SSSR count). The van der Waals surface area contributed by atoms with E-state index in [0.717, 1.165) is 16.1 Å². The minimum absolute atomic E-state index is 0.0171. The zero-order valence-electron chi connectivity index (χ0n) is 19.9. The van der Waals surface area contributed by atoms with Crippen molar-refractivity contribution in [2.75, 3.05) is 17.1 Å². The van der Waals surface area contributed by atoms with Crippen molar-refractivity contribution in [1.29, 1.82) is 0 Å². The average Bonchev–Trinajstić information content (AvgIpc) is 2.68. The lowest BCUT2D eigenvalue weighted by molar-refractivity contribution is -0.140. The van der Waals surface area contributed by atoms with Crippen molar-refractivity contribution < 1.29 is 22.4 Å². The summed E-state index contributed by atoms with van der Waals surface area (Å²) in [7, 11) is -3.78. The van der Waals surface area contributed by atoms with E-state index in [2.05, 4.69) is 5.32 Å². The number of amides is 2. The van der Waals surface area contributed by atoms with E-state index in [4.69, 9.17) is 0 Å². The number of anilines is 1. The predicted octanol–water partition coefficient (Wildman–Crippen LogP) is 3.23. The SMILES string of the molecule is Cc1cccc(N(CC(=O)N(Cc2ccc(F)cc2)[C@H](C)C(=O)NC(C)(C)C)S(C)(=O)=O)c1. The van der Waals surface area contributed by atoms with Gasteiger partial charge in [0, 0.05) is 12.1 Å². The summed E-state index contributed by atoms with van der Waals surface area (Å²) in [4.78, 5) is 27.6. The van der Waals surface area contributed by atoms with Gasteiger partial charge in [0.05, 0.1) is 11.9 Å². The second-order valence-electron chi connectivity index (χ2n) is 9.17. The van der Waals surface area contributed by atoms with Crippen LogP contribution in [0.25, 0.3) is 0 Å². The Morgan fingerprint density at radius 2 is 1.70 bits per heavy atom. The van der Waals surface area contributed by atoms with Crippen molar-refractivity contribution in [3.05, 3.63) is 65.5 Å². The summed E-state index contributed by atoms with van der Waals surface area (Å²) in [6.07, 6.45) is 1.03. The van der Waals surface area contributed by atoms with Crippen molar-refractivity contribution in [2.45, 2.75) is 52.7 Å². The van der Waals surface area contributed by atoms with E-state index in [1.54, 1.807) is 25.1 Å². The summed E-state index contributed by atoms with van der Waals surface area (Å²) in [5.41, 5.74) is 1.30. The predicted molar refractivity (Wildman–Crippen MR) is 128 cm³/mol. The van der Waals surface area contributed by atoms with Gasteiger partial charge in [-0.3, -0.25) is 13.9 Å². The Balaban J connectivity index is 2.39. The summed E-state index contributed by atoms with van der Waals surface area (Å²) in [5, 5.41) is 2.85. The molecular weight excluding hydrogens is 445 g/mol. The van der Waals surface area contributed by atoms with Crippen molar-refractivity contribution >= 4 is 27.5 Å². The average molecular weight is 478 g/mol. The number of sulfonamides is 1. The van der Waals surface area contributed by atoms with E-state index in [9.17, 15) is 22.4 Å². The van der Waals surface area contributed by atoms with Crippen molar-refractivity contribution in [1.82, 2.24) is 10.2 Å². The van der Waals surface area contributed by atoms with Gasteiger partial charge in [-0.2, -0.15) is 0 Å². The van der Waals surface area contributed by atoms with Crippen molar-refractivity contribution in [2.24, 2.45) is 0 Å². The van der Waals surface area contributed by atoms with Gasteiger partial charge in [-0.05, 0) is 70.0 Å². The summed E-state index contributed by atoms with van der Waals surface area (Å²) in [6.45, 7) is 8.43. The van der Waals surface area contributed by atoms with Gasteiger partial charge in [-0.25, -0.2) is 12.8 Å². The van der Waals surface area contributed by atoms with Crippen LogP contribution in [0.15, 0.2) is 48.5 Å². The molecule has 2 aromatic rings. The highest BCUT2D eigenvalue weighted by atomic mass is 32.2. The highest BCUT2D eigenvalue weighted by Crippen LogP contribution is 2.20. The Labute approximate surface area is 195 Å². The molecule has 0 aliphatic rings. The molecule has 0 fully saturated rings. The van der Waals surface area contributed by atoms with Crippen LogP contribution in [0.5, 0.6) is 0 Å². The van der Waals surface area contributed by atoms with E-state index in [-0.39, 0.29) is 12.5 Å². The second kappa shape index (κ2) is 10.3. The number of nitrogens with one attached hydrogen (secondary N) is 1. The molecule has 33 heavy (non-hydrogen) atoms. The fourth-order valence-electron chi connectivity index (χ4n) is 3.24. The summed E-state index contributed by atoms with van der Waals surface area (Å²) >= 11 is 0. The molecule has 0 spiro atoms. The quantitative estimate of drug-likeness (QED) is 0.633. The smallest absolute Gasteiger partial charge is 0.244 e. The maximum absolute atomic E-state index is 13.4. The number of nitrogens with zero attached hydrogens (tertiary/aromatic N) is 2. The minimum atomic E-state index is -3.78. The van der Waals surface area contributed by atoms with Crippen LogP contribution in [0.2, 0.25) is 0 Å². The first-order chi connectivity index (χ1) is 15.2. The van der Waals surface area contributed by atoms with Gasteiger partial charge in [-0.15, -0.1) is 0 Å². The maximum atomic E-state index is 13.4. The molecule has 0 aliphatic carbocycles. The van der Waals surface area contributed by atoms with E-state index in [1.807, 2.05) is 33.8 Å². The highest BCUT2D eigenvalue weighted by Gasteiger charge is 2.31. The Bertz CT molecular complexity index is 1100. The first-order valence-electron chi connectivity index (χ1n) is 10.6. The van der Waals surface area contributed by atoms with E-state index in [1.165, 1.54) is 29.2 Å². The molecule has 2 amide bonds. The lowest BCUT2D eigenvalue weighted by Crippen LogP contribution is -2.54. The normalized spacial score (nSPS) is 12.7. The third-order valence-corrected chi connectivity index (χ3v) is 6.04. The van der Waals surface area contributed by atoms with Crippen LogP contribution >= 0.6 is 0 Å². The Morgan fingerprint density at radius 3 is 2.21 bits per heavy atom. The Kier molecular flexibility index (Phi) is 8.24.